The summed E-state index contributed by atoms with van der Waals surface area (Å²) in [6, 6.07) is 8.08. The number of aliphatic hydroxyl groups excluding tert-OH is 1. The quantitative estimate of drug-likeness (QED) is 0.727. The van der Waals surface area contributed by atoms with Crippen molar-refractivity contribution < 1.29 is 9.90 Å². The molecule has 1 saturated heterocycles. The standard InChI is InChI=1S/C12H17BN2O2/c13-12(17)14-7-9-2-1-3-10(6-9)15-5-4-11(16)8-15/h1-3,6,11,16H,4-5,7-8,13H2,(H,14,17)/t11-/m1/s1. The van der Waals surface area contributed by atoms with Gasteiger partial charge in [0.15, 0.2) is 5.81 Å². The number of hydrogen-bond acceptors (Lipinski definition) is 3. The predicted octanol–water partition coefficient (Wildman–Crippen LogP) is 0.100. The first-order valence-electron chi connectivity index (χ1n) is 5.91. The number of nitrogens with zero attached hydrogens (tertiary/aromatic N) is 1. The van der Waals surface area contributed by atoms with Crippen LogP contribution in [0.15, 0.2) is 24.3 Å². The highest BCUT2D eigenvalue weighted by Crippen LogP contribution is 2.21. The second-order valence-corrected chi connectivity index (χ2v) is 4.47. The van der Waals surface area contributed by atoms with E-state index in [1.54, 1.807) is 0 Å². The second kappa shape index (κ2) is 5.23. The molecule has 5 heteroatoms. The van der Waals surface area contributed by atoms with Crippen molar-refractivity contribution in [3.05, 3.63) is 29.8 Å². The van der Waals surface area contributed by atoms with Crippen LogP contribution in [0.5, 0.6) is 0 Å². The molecule has 4 nitrogen and oxygen atoms in total. The van der Waals surface area contributed by atoms with Crippen molar-refractivity contribution in [1.29, 1.82) is 0 Å². The Hall–Kier alpha value is -1.49. The predicted molar refractivity (Wildman–Crippen MR) is 70.1 cm³/mol. The van der Waals surface area contributed by atoms with Crippen molar-refractivity contribution in [2.24, 2.45) is 0 Å². The molecule has 90 valence electrons. The number of benzene rings is 1. The Labute approximate surface area is 102 Å². The molecule has 17 heavy (non-hydrogen) atoms. The number of aliphatic hydroxyl groups is 1. The smallest absolute Gasteiger partial charge is 0.215 e. The molecular formula is C12H17BN2O2. The van der Waals surface area contributed by atoms with Crippen LogP contribution in [0.3, 0.4) is 0 Å². The molecule has 0 saturated carbocycles. The summed E-state index contributed by atoms with van der Waals surface area (Å²) in [5.74, 6) is -0.0213. The molecule has 1 aliphatic rings. The Balaban J connectivity index is 2.03. The first-order valence-corrected chi connectivity index (χ1v) is 5.91. The lowest BCUT2D eigenvalue weighted by molar-refractivity contribution is 0.198. The Morgan fingerprint density at radius 3 is 3.06 bits per heavy atom. The molecule has 0 unspecified atom stereocenters. The SMILES string of the molecule is BC(=O)NCc1cccc(N2CC[C@@H](O)C2)c1. The normalized spacial score (nSPS) is 19.4. The number of nitrogens with one attached hydrogen (secondary N) is 1. The molecule has 0 aromatic heterocycles. The molecule has 2 rings (SSSR count). The lowest BCUT2D eigenvalue weighted by atomic mass is 10.1. The van der Waals surface area contributed by atoms with Crippen molar-refractivity contribution in [3.63, 3.8) is 0 Å². The van der Waals surface area contributed by atoms with E-state index in [1.165, 1.54) is 7.85 Å². The Bertz CT molecular complexity index is 411. The fraction of sp³-hybridized carbons (Fsp3) is 0.417. The van der Waals surface area contributed by atoms with Gasteiger partial charge < -0.3 is 15.3 Å². The van der Waals surface area contributed by atoms with Crippen molar-refractivity contribution >= 4 is 19.3 Å². The number of carbonyl (C=O) groups excluding carboxylic acids is 1. The Morgan fingerprint density at radius 2 is 2.41 bits per heavy atom. The van der Waals surface area contributed by atoms with Crippen LogP contribution in [0.1, 0.15) is 12.0 Å². The van der Waals surface area contributed by atoms with Gasteiger partial charge in [0.1, 0.15) is 0 Å². The highest BCUT2D eigenvalue weighted by Gasteiger charge is 2.20. The maximum Gasteiger partial charge on any atom is 0.215 e. The van der Waals surface area contributed by atoms with Crippen LogP contribution >= 0.6 is 0 Å². The monoisotopic (exact) mass is 232 g/mol. The van der Waals surface area contributed by atoms with Crippen LogP contribution < -0.4 is 10.2 Å². The van der Waals surface area contributed by atoms with Crippen LogP contribution in [-0.2, 0) is 6.54 Å². The zero-order valence-corrected chi connectivity index (χ0v) is 10.0. The number of amides is 1. The molecule has 2 N–H and O–H groups in total. The van der Waals surface area contributed by atoms with Gasteiger partial charge in [0.25, 0.3) is 0 Å². The lowest BCUT2D eigenvalue weighted by Gasteiger charge is -2.18. The van der Waals surface area contributed by atoms with Crippen molar-refractivity contribution in [2.45, 2.75) is 19.1 Å². The van der Waals surface area contributed by atoms with E-state index in [2.05, 4.69) is 16.3 Å². The van der Waals surface area contributed by atoms with Crippen molar-refractivity contribution in [2.75, 3.05) is 18.0 Å². The van der Waals surface area contributed by atoms with E-state index in [0.29, 0.717) is 13.1 Å². The van der Waals surface area contributed by atoms with E-state index in [1.807, 2.05) is 18.2 Å². The molecular weight excluding hydrogens is 215 g/mol. The summed E-state index contributed by atoms with van der Waals surface area (Å²) in [5.41, 5.74) is 2.20. The van der Waals surface area contributed by atoms with Gasteiger partial charge in [-0.15, -0.1) is 0 Å². The molecule has 1 aliphatic heterocycles. The van der Waals surface area contributed by atoms with Crippen molar-refractivity contribution in [1.82, 2.24) is 5.32 Å². The third-order valence-electron chi connectivity index (χ3n) is 2.98. The minimum Gasteiger partial charge on any atom is -0.391 e. The average molecular weight is 232 g/mol. The molecule has 0 radical (unpaired) electrons. The van der Waals surface area contributed by atoms with Gasteiger partial charge in [0, 0.05) is 25.3 Å². The number of rotatable bonds is 3. The third kappa shape index (κ3) is 3.23. The molecule has 0 spiro atoms. The number of anilines is 1. The van der Waals surface area contributed by atoms with Gasteiger partial charge in [0.2, 0.25) is 7.85 Å². The van der Waals surface area contributed by atoms with Gasteiger partial charge in [-0.05, 0) is 24.1 Å². The maximum atomic E-state index is 10.8. The van der Waals surface area contributed by atoms with E-state index in [9.17, 15) is 9.90 Å². The molecule has 1 fully saturated rings. The topological polar surface area (TPSA) is 52.6 Å². The summed E-state index contributed by atoms with van der Waals surface area (Å²) in [4.78, 5) is 13.0. The number of β-amino-alcohol motifs (C(OH)–C–C–N with tert-alkyl or cyclic N) is 1. The average Bonchev–Trinajstić information content (AvgIpc) is 2.74. The summed E-state index contributed by atoms with van der Waals surface area (Å²) in [5, 5.41) is 12.3. The highest BCUT2D eigenvalue weighted by molar-refractivity contribution is 6.57. The van der Waals surface area contributed by atoms with Gasteiger partial charge >= 0.3 is 0 Å². The molecule has 0 aliphatic carbocycles. The number of hydrogen-bond donors (Lipinski definition) is 2. The van der Waals surface area contributed by atoms with Crippen LogP contribution in [0, 0.1) is 0 Å². The Morgan fingerprint density at radius 1 is 1.59 bits per heavy atom. The summed E-state index contributed by atoms with van der Waals surface area (Å²) in [6.45, 7) is 2.15. The minimum atomic E-state index is -0.214. The van der Waals surface area contributed by atoms with Crippen LogP contribution in [0.25, 0.3) is 0 Å². The highest BCUT2D eigenvalue weighted by atomic mass is 16.3. The summed E-state index contributed by atoms with van der Waals surface area (Å²) in [7, 11) is 1.51. The first-order chi connectivity index (χ1) is 8.15. The molecule has 1 aromatic carbocycles. The zero-order valence-electron chi connectivity index (χ0n) is 10.0. The van der Waals surface area contributed by atoms with E-state index >= 15 is 0 Å². The van der Waals surface area contributed by atoms with Gasteiger partial charge in [-0.2, -0.15) is 0 Å². The van der Waals surface area contributed by atoms with Crippen LogP contribution in [0.4, 0.5) is 10.5 Å². The molecule has 0 bridgehead atoms. The third-order valence-corrected chi connectivity index (χ3v) is 2.98. The van der Waals surface area contributed by atoms with E-state index < -0.39 is 0 Å². The summed E-state index contributed by atoms with van der Waals surface area (Å²) < 4.78 is 0. The molecule has 1 heterocycles. The minimum absolute atomic E-state index is 0.0213. The zero-order chi connectivity index (χ0) is 12.3. The van der Waals surface area contributed by atoms with Gasteiger partial charge in [-0.25, -0.2) is 0 Å². The molecule has 1 atom stereocenters. The van der Waals surface area contributed by atoms with Gasteiger partial charge in [-0.1, -0.05) is 12.1 Å². The van der Waals surface area contributed by atoms with E-state index in [0.717, 1.165) is 24.2 Å². The maximum absolute atomic E-state index is 10.8. The molecule has 1 amide bonds. The van der Waals surface area contributed by atoms with Crippen molar-refractivity contribution in [3.8, 4) is 0 Å². The first kappa shape index (κ1) is 12.0. The van der Waals surface area contributed by atoms with Crippen LogP contribution in [0.2, 0.25) is 0 Å². The van der Waals surface area contributed by atoms with E-state index in [4.69, 9.17) is 0 Å². The summed E-state index contributed by atoms with van der Waals surface area (Å²) in [6.07, 6.45) is 0.615. The Kier molecular flexibility index (Phi) is 3.69. The fourth-order valence-electron chi connectivity index (χ4n) is 2.07. The second-order valence-electron chi connectivity index (χ2n) is 4.47. The fourth-order valence-corrected chi connectivity index (χ4v) is 2.07. The lowest BCUT2D eigenvalue weighted by Crippen LogP contribution is -2.22. The van der Waals surface area contributed by atoms with E-state index in [-0.39, 0.29) is 11.9 Å². The van der Waals surface area contributed by atoms with Gasteiger partial charge in [0.05, 0.1) is 6.10 Å². The van der Waals surface area contributed by atoms with Gasteiger partial charge in [-0.3, -0.25) is 4.79 Å². The largest absolute Gasteiger partial charge is 0.391 e. The number of carbonyl (C=O) groups is 1. The molecule has 1 aromatic rings. The van der Waals surface area contributed by atoms with Crippen LogP contribution in [-0.4, -0.2) is 38.0 Å². The summed E-state index contributed by atoms with van der Waals surface area (Å²) >= 11 is 0.